The minimum atomic E-state index is -0.904. The number of anilines is 1. The number of hydrogen-bond donors (Lipinski definition) is 2. The summed E-state index contributed by atoms with van der Waals surface area (Å²) in [5.74, 6) is -0.151. The topological polar surface area (TPSA) is 58.6 Å². The van der Waals surface area contributed by atoms with Crippen LogP contribution in [-0.2, 0) is 0 Å². The quantitative estimate of drug-likeness (QED) is 0.661. The van der Waals surface area contributed by atoms with E-state index in [0.717, 1.165) is 31.4 Å². The van der Waals surface area contributed by atoms with Gasteiger partial charge in [0.05, 0.1) is 11.7 Å². The van der Waals surface area contributed by atoms with Crippen LogP contribution in [0.1, 0.15) is 36.0 Å². The molecule has 0 aromatic heterocycles. The van der Waals surface area contributed by atoms with Gasteiger partial charge in [0, 0.05) is 15.3 Å². The lowest BCUT2D eigenvalue weighted by Crippen LogP contribution is -2.31. The van der Waals surface area contributed by atoms with Gasteiger partial charge in [-0.05, 0) is 78.6 Å². The van der Waals surface area contributed by atoms with Crippen molar-refractivity contribution in [2.75, 3.05) is 5.32 Å². The lowest BCUT2D eigenvalue weighted by molar-refractivity contribution is 0.0695. The van der Waals surface area contributed by atoms with Crippen LogP contribution in [0.25, 0.3) is 0 Å². The zero-order valence-corrected chi connectivity index (χ0v) is 15.4. The molecule has 126 valence electrons. The molecule has 0 spiro atoms. The summed E-state index contributed by atoms with van der Waals surface area (Å²) in [6.07, 6.45) is 4.35. The third-order valence-corrected chi connectivity index (χ3v) is 5.18. The van der Waals surface area contributed by atoms with E-state index in [-0.39, 0.29) is 6.10 Å². The van der Waals surface area contributed by atoms with Crippen molar-refractivity contribution in [3.05, 3.63) is 57.7 Å². The van der Waals surface area contributed by atoms with Gasteiger partial charge in [0.1, 0.15) is 5.75 Å². The molecule has 1 aliphatic rings. The number of para-hydroxylation sites is 1. The van der Waals surface area contributed by atoms with Crippen molar-refractivity contribution in [1.82, 2.24) is 0 Å². The largest absolute Gasteiger partial charge is 0.490 e. The van der Waals surface area contributed by atoms with Crippen LogP contribution in [0.4, 0.5) is 5.69 Å². The maximum Gasteiger partial charge on any atom is 0.336 e. The molecule has 1 fully saturated rings. The molecule has 2 N–H and O–H groups in total. The fourth-order valence-corrected chi connectivity index (χ4v) is 3.75. The molecule has 5 heteroatoms. The number of rotatable bonds is 5. The van der Waals surface area contributed by atoms with E-state index in [9.17, 15) is 4.79 Å². The van der Waals surface area contributed by atoms with Gasteiger partial charge in [0.25, 0.3) is 0 Å². The van der Waals surface area contributed by atoms with E-state index in [1.807, 2.05) is 40.8 Å². The number of carboxylic acids is 1. The number of carboxylic acid groups (broad SMARTS) is 1. The zero-order chi connectivity index (χ0) is 16.9. The Morgan fingerprint density at radius 1 is 1.08 bits per heavy atom. The maximum absolute atomic E-state index is 11.1. The number of nitrogens with one attached hydrogen (secondary N) is 1. The molecule has 24 heavy (non-hydrogen) atoms. The highest BCUT2D eigenvalue weighted by Gasteiger charge is 2.22. The van der Waals surface area contributed by atoms with Crippen molar-refractivity contribution in [2.24, 2.45) is 0 Å². The Kier molecular flexibility index (Phi) is 5.60. The van der Waals surface area contributed by atoms with Crippen molar-refractivity contribution in [3.8, 4) is 5.75 Å². The third-order valence-electron chi connectivity index (χ3n) is 4.29. The van der Waals surface area contributed by atoms with Gasteiger partial charge >= 0.3 is 5.97 Å². The molecule has 3 rings (SSSR count). The molecule has 0 aliphatic heterocycles. The Morgan fingerprint density at radius 3 is 2.42 bits per heavy atom. The first-order valence-corrected chi connectivity index (χ1v) is 9.21. The molecule has 0 unspecified atom stereocenters. The highest BCUT2D eigenvalue weighted by molar-refractivity contribution is 14.1. The van der Waals surface area contributed by atoms with Gasteiger partial charge in [-0.2, -0.15) is 0 Å². The maximum atomic E-state index is 11.1. The SMILES string of the molecule is O=C(O)c1ccc(OC2CCC(Nc3ccccc3)CC2)cc1I. The standard InChI is InChI=1S/C19H20INO3/c20-18-12-16(10-11-17(18)19(22)23)24-15-8-6-14(7-9-15)21-13-4-2-1-3-5-13/h1-5,10-12,14-15,21H,6-9H2,(H,22,23). The summed E-state index contributed by atoms with van der Waals surface area (Å²) < 4.78 is 6.75. The van der Waals surface area contributed by atoms with Crippen LogP contribution in [0.5, 0.6) is 5.75 Å². The van der Waals surface area contributed by atoms with Gasteiger partial charge in [0.2, 0.25) is 0 Å². The van der Waals surface area contributed by atoms with Gasteiger partial charge < -0.3 is 15.2 Å². The number of halogens is 1. The van der Waals surface area contributed by atoms with Gasteiger partial charge in [-0.1, -0.05) is 18.2 Å². The Morgan fingerprint density at radius 2 is 1.79 bits per heavy atom. The van der Waals surface area contributed by atoms with Gasteiger partial charge in [-0.25, -0.2) is 4.79 Å². The summed E-state index contributed by atoms with van der Waals surface area (Å²) in [7, 11) is 0. The third kappa shape index (κ3) is 4.41. The molecule has 2 aromatic rings. The van der Waals surface area contributed by atoms with Crippen LogP contribution in [0.2, 0.25) is 0 Å². The van der Waals surface area contributed by atoms with Gasteiger partial charge in [0.15, 0.2) is 0 Å². The average molecular weight is 437 g/mol. The van der Waals surface area contributed by atoms with E-state index in [4.69, 9.17) is 9.84 Å². The first kappa shape index (κ1) is 17.1. The van der Waals surface area contributed by atoms with Gasteiger partial charge in [-0.15, -0.1) is 0 Å². The van der Waals surface area contributed by atoms with Crippen molar-refractivity contribution in [3.63, 3.8) is 0 Å². The van der Waals surface area contributed by atoms with Crippen LogP contribution in [-0.4, -0.2) is 23.2 Å². The second-order valence-corrected chi connectivity index (χ2v) is 7.21. The number of carbonyl (C=O) groups is 1. The van der Waals surface area contributed by atoms with E-state index in [1.54, 1.807) is 18.2 Å². The molecule has 4 nitrogen and oxygen atoms in total. The van der Waals surface area contributed by atoms with E-state index in [2.05, 4.69) is 17.4 Å². The predicted molar refractivity (Wildman–Crippen MR) is 103 cm³/mol. The first-order valence-electron chi connectivity index (χ1n) is 8.13. The molecular weight excluding hydrogens is 417 g/mol. The number of aromatic carboxylic acids is 1. The molecule has 0 bridgehead atoms. The molecule has 0 amide bonds. The van der Waals surface area contributed by atoms with E-state index in [1.165, 1.54) is 5.69 Å². The highest BCUT2D eigenvalue weighted by atomic mass is 127. The predicted octanol–water partition coefficient (Wildman–Crippen LogP) is 4.79. The highest BCUT2D eigenvalue weighted by Crippen LogP contribution is 2.27. The second kappa shape index (κ2) is 7.88. The Labute approximate surface area is 155 Å². The van der Waals surface area contributed by atoms with Crippen molar-refractivity contribution >= 4 is 34.2 Å². The van der Waals surface area contributed by atoms with E-state index < -0.39 is 5.97 Å². The Balaban J connectivity index is 1.52. The molecule has 0 saturated heterocycles. The van der Waals surface area contributed by atoms with Crippen LogP contribution in [0.15, 0.2) is 48.5 Å². The number of ether oxygens (including phenoxy) is 1. The molecule has 1 saturated carbocycles. The molecule has 0 heterocycles. The van der Waals surface area contributed by atoms with Crippen LogP contribution in [0.3, 0.4) is 0 Å². The smallest absolute Gasteiger partial charge is 0.336 e. The van der Waals surface area contributed by atoms with Crippen LogP contribution in [0, 0.1) is 3.57 Å². The monoisotopic (exact) mass is 437 g/mol. The van der Waals surface area contributed by atoms with Crippen molar-refractivity contribution < 1.29 is 14.6 Å². The lowest BCUT2D eigenvalue weighted by atomic mass is 9.92. The Hall–Kier alpha value is -1.76. The number of hydrogen-bond acceptors (Lipinski definition) is 3. The Bertz CT molecular complexity index is 697. The van der Waals surface area contributed by atoms with Crippen molar-refractivity contribution in [2.45, 2.75) is 37.8 Å². The summed E-state index contributed by atoms with van der Waals surface area (Å²) in [5.41, 5.74) is 1.49. The molecule has 0 atom stereocenters. The fourth-order valence-electron chi connectivity index (χ4n) is 3.03. The zero-order valence-electron chi connectivity index (χ0n) is 13.2. The normalized spacial score (nSPS) is 20.4. The van der Waals surface area contributed by atoms with Crippen LogP contribution < -0.4 is 10.1 Å². The first-order chi connectivity index (χ1) is 11.6. The summed E-state index contributed by atoms with van der Waals surface area (Å²) in [6.45, 7) is 0. The minimum absolute atomic E-state index is 0.199. The summed E-state index contributed by atoms with van der Waals surface area (Å²) in [6, 6.07) is 15.9. The van der Waals surface area contributed by atoms with E-state index in [0.29, 0.717) is 15.2 Å². The molecular formula is C19H20INO3. The fraction of sp³-hybridized carbons (Fsp3) is 0.316. The minimum Gasteiger partial charge on any atom is -0.490 e. The second-order valence-electron chi connectivity index (χ2n) is 6.05. The summed E-state index contributed by atoms with van der Waals surface area (Å²) >= 11 is 2.04. The molecule has 2 aromatic carbocycles. The lowest BCUT2D eigenvalue weighted by Gasteiger charge is -2.30. The van der Waals surface area contributed by atoms with Crippen molar-refractivity contribution in [1.29, 1.82) is 0 Å². The molecule has 0 radical (unpaired) electrons. The molecule has 1 aliphatic carbocycles. The number of benzene rings is 2. The summed E-state index contributed by atoms with van der Waals surface area (Å²) in [5, 5.41) is 12.6. The van der Waals surface area contributed by atoms with Crippen LogP contribution >= 0.6 is 22.6 Å². The summed E-state index contributed by atoms with van der Waals surface area (Å²) in [4.78, 5) is 11.1. The average Bonchev–Trinajstić information content (AvgIpc) is 2.57. The van der Waals surface area contributed by atoms with Gasteiger partial charge in [-0.3, -0.25) is 0 Å². The van der Waals surface area contributed by atoms with E-state index >= 15 is 0 Å².